The highest BCUT2D eigenvalue weighted by Gasteiger charge is 2.15. The summed E-state index contributed by atoms with van der Waals surface area (Å²) in [6.45, 7) is 8.46. The molecule has 0 aliphatic rings. The lowest BCUT2D eigenvalue weighted by molar-refractivity contribution is -0.122. The van der Waals surface area contributed by atoms with E-state index < -0.39 is 0 Å². The van der Waals surface area contributed by atoms with Gasteiger partial charge in [-0.15, -0.1) is 10.2 Å². The van der Waals surface area contributed by atoms with Gasteiger partial charge in [0, 0.05) is 22.8 Å². The Morgan fingerprint density at radius 3 is 2.44 bits per heavy atom. The number of anilines is 1. The van der Waals surface area contributed by atoms with Gasteiger partial charge in [0.2, 0.25) is 11.8 Å². The molecule has 3 aromatic rings. The molecule has 0 radical (unpaired) electrons. The van der Waals surface area contributed by atoms with E-state index in [9.17, 15) is 9.59 Å². The van der Waals surface area contributed by atoms with Gasteiger partial charge in [-0.3, -0.25) is 9.59 Å². The zero-order valence-corrected chi connectivity index (χ0v) is 20.1. The van der Waals surface area contributed by atoms with Crippen LogP contribution in [-0.2, 0) is 16.1 Å². The Hall–Kier alpha value is -2.84. The average Bonchev–Trinajstić information content (AvgIpc) is 3.16. The van der Waals surface area contributed by atoms with E-state index in [1.807, 2.05) is 62.6 Å². The summed E-state index contributed by atoms with van der Waals surface area (Å²) >= 11 is 7.36. The van der Waals surface area contributed by atoms with E-state index in [1.54, 1.807) is 6.07 Å². The van der Waals surface area contributed by atoms with Gasteiger partial charge in [0.25, 0.3) is 0 Å². The molecule has 2 amide bonds. The van der Waals surface area contributed by atoms with Crippen molar-refractivity contribution in [3.8, 4) is 11.4 Å². The molecule has 32 heavy (non-hydrogen) atoms. The number of nitrogens with zero attached hydrogens (tertiary/aromatic N) is 3. The lowest BCUT2D eigenvalue weighted by atomic mass is 10.1. The largest absolute Gasteiger partial charge is 0.346 e. The second-order valence-electron chi connectivity index (χ2n) is 7.45. The number of carbonyl (C=O) groups is 2. The highest BCUT2D eigenvalue weighted by molar-refractivity contribution is 7.99. The number of carbonyl (C=O) groups excluding carboxylic acids is 2. The van der Waals surface area contributed by atoms with Gasteiger partial charge < -0.3 is 15.2 Å². The van der Waals surface area contributed by atoms with Crippen molar-refractivity contribution in [3.05, 3.63) is 58.1 Å². The number of aromatic nitrogens is 3. The molecule has 2 N–H and O–H groups in total. The Morgan fingerprint density at radius 1 is 1.06 bits per heavy atom. The molecule has 0 fully saturated rings. The number of thioether (sulfide) groups is 1. The first kappa shape index (κ1) is 23.8. The van der Waals surface area contributed by atoms with Gasteiger partial charge in [-0.05, 0) is 51.0 Å². The van der Waals surface area contributed by atoms with Crippen LogP contribution in [0.3, 0.4) is 0 Å². The summed E-state index contributed by atoms with van der Waals surface area (Å²) in [6.07, 6.45) is 0. The van der Waals surface area contributed by atoms with Crippen molar-refractivity contribution in [2.75, 3.05) is 17.6 Å². The van der Waals surface area contributed by atoms with Crippen molar-refractivity contribution < 1.29 is 9.59 Å². The van der Waals surface area contributed by atoms with Crippen LogP contribution in [0.5, 0.6) is 0 Å². The maximum absolute atomic E-state index is 12.3. The number of hydrogen-bond acceptors (Lipinski definition) is 5. The maximum Gasteiger partial charge on any atom is 0.243 e. The van der Waals surface area contributed by atoms with Crippen molar-refractivity contribution >= 4 is 40.9 Å². The van der Waals surface area contributed by atoms with Crippen molar-refractivity contribution in [2.45, 2.75) is 39.4 Å². The number of aryl methyl sites for hydroxylation is 3. The number of nitrogens with one attached hydrogen (secondary N) is 2. The molecular formula is C23H26ClN5O2S. The Balaban J connectivity index is 1.55. The van der Waals surface area contributed by atoms with Gasteiger partial charge in [0.05, 0.1) is 12.3 Å². The lowest BCUT2D eigenvalue weighted by Gasteiger charge is -2.13. The number of benzene rings is 2. The Bertz CT molecular complexity index is 1120. The van der Waals surface area contributed by atoms with Gasteiger partial charge in [0.1, 0.15) is 0 Å². The third-order valence-electron chi connectivity index (χ3n) is 4.84. The molecule has 3 rings (SSSR count). The summed E-state index contributed by atoms with van der Waals surface area (Å²) in [4.78, 5) is 24.6. The first-order valence-electron chi connectivity index (χ1n) is 10.2. The van der Waals surface area contributed by atoms with E-state index in [4.69, 9.17) is 11.6 Å². The third kappa shape index (κ3) is 5.89. The SMILES string of the molecule is CCn1c(SCC(=O)NCC(=O)Nc2c(C)cc(C)cc2C)nnc1-c1cccc(Cl)c1. The molecule has 7 nitrogen and oxygen atoms in total. The highest BCUT2D eigenvalue weighted by Crippen LogP contribution is 2.26. The van der Waals surface area contributed by atoms with Crippen molar-refractivity contribution in [1.29, 1.82) is 0 Å². The topological polar surface area (TPSA) is 88.9 Å². The van der Waals surface area contributed by atoms with Crippen LogP contribution in [0.2, 0.25) is 5.02 Å². The van der Waals surface area contributed by atoms with Gasteiger partial charge in [-0.2, -0.15) is 0 Å². The second-order valence-corrected chi connectivity index (χ2v) is 8.83. The quantitative estimate of drug-likeness (QED) is 0.475. The van der Waals surface area contributed by atoms with E-state index in [0.29, 0.717) is 22.5 Å². The molecule has 0 aliphatic heterocycles. The Labute approximate surface area is 197 Å². The van der Waals surface area contributed by atoms with Crippen LogP contribution in [0.4, 0.5) is 5.69 Å². The van der Waals surface area contributed by atoms with Gasteiger partial charge in [0.15, 0.2) is 11.0 Å². The molecule has 0 spiro atoms. The normalized spacial score (nSPS) is 10.8. The molecule has 0 atom stereocenters. The Kier molecular flexibility index (Phi) is 7.93. The molecule has 9 heteroatoms. The molecule has 0 bridgehead atoms. The van der Waals surface area contributed by atoms with Crippen LogP contribution in [0.1, 0.15) is 23.6 Å². The first-order valence-corrected chi connectivity index (χ1v) is 11.6. The van der Waals surface area contributed by atoms with Crippen LogP contribution in [0, 0.1) is 20.8 Å². The fourth-order valence-corrected chi connectivity index (χ4v) is 4.46. The number of hydrogen-bond donors (Lipinski definition) is 2. The summed E-state index contributed by atoms with van der Waals surface area (Å²) in [6, 6.07) is 11.4. The van der Waals surface area contributed by atoms with Crippen LogP contribution >= 0.6 is 23.4 Å². The van der Waals surface area contributed by atoms with E-state index in [2.05, 4.69) is 20.8 Å². The number of rotatable bonds is 8. The summed E-state index contributed by atoms with van der Waals surface area (Å²) in [5.74, 6) is 0.306. The predicted octanol–water partition coefficient (Wildman–Crippen LogP) is 4.39. The zero-order valence-electron chi connectivity index (χ0n) is 18.5. The fraction of sp³-hybridized carbons (Fsp3) is 0.304. The van der Waals surface area contributed by atoms with Crippen LogP contribution in [0.25, 0.3) is 11.4 Å². The van der Waals surface area contributed by atoms with Crippen LogP contribution in [-0.4, -0.2) is 38.9 Å². The molecule has 1 heterocycles. The third-order valence-corrected chi connectivity index (χ3v) is 6.04. The monoisotopic (exact) mass is 471 g/mol. The molecule has 0 aliphatic carbocycles. The van der Waals surface area contributed by atoms with E-state index in [1.165, 1.54) is 11.8 Å². The van der Waals surface area contributed by atoms with E-state index >= 15 is 0 Å². The van der Waals surface area contributed by atoms with Gasteiger partial charge in [-0.1, -0.05) is 53.2 Å². The summed E-state index contributed by atoms with van der Waals surface area (Å²) in [5.41, 5.74) is 4.77. The van der Waals surface area contributed by atoms with Crippen LogP contribution < -0.4 is 10.6 Å². The number of halogens is 1. The summed E-state index contributed by atoms with van der Waals surface area (Å²) in [7, 11) is 0. The molecule has 0 saturated heterocycles. The average molecular weight is 472 g/mol. The summed E-state index contributed by atoms with van der Waals surface area (Å²) in [5, 5.41) is 15.3. The zero-order chi connectivity index (χ0) is 23.3. The van der Waals surface area contributed by atoms with Gasteiger partial charge in [-0.25, -0.2) is 0 Å². The van der Waals surface area contributed by atoms with Gasteiger partial charge >= 0.3 is 0 Å². The maximum atomic E-state index is 12.3. The van der Waals surface area contributed by atoms with Crippen LogP contribution in [0.15, 0.2) is 41.6 Å². The second kappa shape index (κ2) is 10.7. The molecule has 0 saturated carbocycles. The minimum Gasteiger partial charge on any atom is -0.346 e. The summed E-state index contributed by atoms with van der Waals surface area (Å²) < 4.78 is 1.93. The Morgan fingerprint density at radius 2 is 1.78 bits per heavy atom. The smallest absolute Gasteiger partial charge is 0.243 e. The molecule has 0 unspecified atom stereocenters. The number of amides is 2. The molecule has 2 aromatic carbocycles. The molecule has 168 valence electrons. The lowest BCUT2D eigenvalue weighted by Crippen LogP contribution is -2.34. The van der Waals surface area contributed by atoms with Crippen molar-refractivity contribution in [3.63, 3.8) is 0 Å². The van der Waals surface area contributed by atoms with Crippen molar-refractivity contribution in [1.82, 2.24) is 20.1 Å². The first-order chi connectivity index (χ1) is 15.3. The fourth-order valence-electron chi connectivity index (χ4n) is 3.44. The van der Waals surface area contributed by atoms with E-state index in [0.717, 1.165) is 27.9 Å². The molecular weight excluding hydrogens is 446 g/mol. The van der Waals surface area contributed by atoms with E-state index in [-0.39, 0.29) is 24.1 Å². The predicted molar refractivity (Wildman–Crippen MR) is 129 cm³/mol. The standard InChI is InChI=1S/C23H26ClN5O2S/c1-5-29-22(17-7-6-8-18(24)11-17)27-28-23(29)32-13-20(31)25-12-19(30)26-21-15(3)9-14(2)10-16(21)4/h6-11H,5,12-13H2,1-4H3,(H,25,31)(H,26,30). The highest BCUT2D eigenvalue weighted by atomic mass is 35.5. The molecule has 1 aromatic heterocycles. The minimum absolute atomic E-state index is 0.0968. The van der Waals surface area contributed by atoms with Crippen molar-refractivity contribution in [2.24, 2.45) is 0 Å². The minimum atomic E-state index is -0.265.